The van der Waals surface area contributed by atoms with Crippen molar-refractivity contribution in [3.63, 3.8) is 0 Å². The van der Waals surface area contributed by atoms with Crippen molar-refractivity contribution in [2.24, 2.45) is 17.3 Å². The summed E-state index contributed by atoms with van der Waals surface area (Å²) >= 11 is 0. The van der Waals surface area contributed by atoms with Crippen molar-refractivity contribution in [3.05, 3.63) is 11.6 Å². The van der Waals surface area contributed by atoms with Crippen LogP contribution in [0.25, 0.3) is 0 Å². The molecule has 0 aromatic rings. The van der Waals surface area contributed by atoms with Crippen molar-refractivity contribution < 1.29 is 9.59 Å². The zero-order valence-electron chi connectivity index (χ0n) is 14.5. The monoisotopic (exact) mass is 293 g/mol. The zero-order valence-corrected chi connectivity index (χ0v) is 14.5. The Hall–Kier alpha value is -1.12. The number of hydrogen-bond donors (Lipinski definition) is 0. The van der Waals surface area contributed by atoms with Crippen LogP contribution in [-0.2, 0) is 9.59 Å². The van der Waals surface area contributed by atoms with Crippen LogP contribution in [0.1, 0.15) is 67.2 Å². The summed E-state index contributed by atoms with van der Waals surface area (Å²) in [5.74, 6) is 0.445. The first-order valence-corrected chi connectivity index (χ1v) is 8.25. The molecule has 3 nitrogen and oxygen atoms in total. The molecule has 1 fully saturated rings. The summed E-state index contributed by atoms with van der Waals surface area (Å²) in [6.45, 7) is 13.1. The van der Waals surface area contributed by atoms with E-state index in [0.29, 0.717) is 18.9 Å². The highest BCUT2D eigenvalue weighted by Crippen LogP contribution is 2.38. The van der Waals surface area contributed by atoms with Crippen molar-refractivity contribution in [1.29, 1.82) is 0 Å². The molecule has 0 saturated carbocycles. The number of imide groups is 1. The number of rotatable bonds is 7. The molecular formula is C18H31NO2. The Labute approximate surface area is 129 Å². The van der Waals surface area contributed by atoms with Gasteiger partial charge in [0.15, 0.2) is 0 Å². The van der Waals surface area contributed by atoms with Crippen molar-refractivity contribution in [2.75, 3.05) is 6.54 Å². The molecule has 0 bridgehead atoms. The maximum atomic E-state index is 12.4. The Kier molecular flexibility index (Phi) is 6.18. The van der Waals surface area contributed by atoms with Gasteiger partial charge in [0.25, 0.3) is 0 Å². The number of carbonyl (C=O) groups excluding carboxylic acids is 2. The lowest BCUT2D eigenvalue weighted by atomic mass is 9.76. The van der Waals surface area contributed by atoms with Gasteiger partial charge in [-0.05, 0) is 31.6 Å². The second kappa shape index (κ2) is 7.24. The summed E-state index contributed by atoms with van der Waals surface area (Å²) in [4.78, 5) is 25.7. The number of likely N-dealkylation sites (tertiary alicyclic amines) is 1. The van der Waals surface area contributed by atoms with Gasteiger partial charge in [-0.25, -0.2) is 0 Å². The molecule has 1 aliphatic rings. The first-order valence-electron chi connectivity index (χ1n) is 8.25. The highest BCUT2D eigenvalue weighted by molar-refractivity contribution is 6.04. The van der Waals surface area contributed by atoms with Crippen LogP contribution < -0.4 is 0 Å². The highest BCUT2D eigenvalue weighted by atomic mass is 16.2. The van der Waals surface area contributed by atoms with E-state index in [0.717, 1.165) is 6.42 Å². The first kappa shape index (κ1) is 17.9. The van der Waals surface area contributed by atoms with Gasteiger partial charge in [-0.15, -0.1) is 0 Å². The fourth-order valence-electron chi connectivity index (χ4n) is 3.54. The number of carbonyl (C=O) groups is 2. The smallest absolute Gasteiger partial charge is 0.233 e. The van der Waals surface area contributed by atoms with Gasteiger partial charge in [-0.3, -0.25) is 14.5 Å². The van der Waals surface area contributed by atoms with Gasteiger partial charge in [0, 0.05) is 13.0 Å². The largest absolute Gasteiger partial charge is 0.283 e. The van der Waals surface area contributed by atoms with Gasteiger partial charge < -0.3 is 0 Å². The molecule has 2 atom stereocenters. The van der Waals surface area contributed by atoms with E-state index >= 15 is 0 Å². The molecule has 0 N–H and O–H groups in total. The predicted molar refractivity (Wildman–Crippen MR) is 86.7 cm³/mol. The van der Waals surface area contributed by atoms with Crippen LogP contribution in [0.4, 0.5) is 0 Å². The first-order chi connectivity index (χ1) is 9.72. The summed E-state index contributed by atoms with van der Waals surface area (Å²) in [7, 11) is 0. The van der Waals surface area contributed by atoms with E-state index in [1.54, 1.807) is 0 Å². The van der Waals surface area contributed by atoms with E-state index < -0.39 is 0 Å². The minimum Gasteiger partial charge on any atom is -0.283 e. The number of nitrogens with zero attached hydrogens (tertiary/aromatic N) is 1. The van der Waals surface area contributed by atoms with Crippen LogP contribution in [0.15, 0.2) is 11.6 Å². The van der Waals surface area contributed by atoms with Crippen LogP contribution >= 0.6 is 0 Å². The van der Waals surface area contributed by atoms with E-state index in [2.05, 4.69) is 40.7 Å². The third-order valence-corrected chi connectivity index (χ3v) is 4.53. The molecule has 1 heterocycles. The van der Waals surface area contributed by atoms with Gasteiger partial charge in [0.1, 0.15) is 0 Å². The Bertz CT molecular complexity index is 423. The molecule has 1 saturated heterocycles. The van der Waals surface area contributed by atoms with E-state index in [1.165, 1.54) is 23.3 Å². The molecule has 0 aromatic heterocycles. The molecule has 0 aliphatic carbocycles. The zero-order chi connectivity index (χ0) is 16.2. The molecule has 1 rings (SSSR count). The Morgan fingerprint density at radius 3 is 2.48 bits per heavy atom. The van der Waals surface area contributed by atoms with E-state index in [4.69, 9.17) is 0 Å². The standard InChI is InChI=1S/C18H31NO2/c1-7-9-13(3)10-14(4)12-18(5,6)15-11-16(20)19(8-2)17(15)21/h12-13,15H,7-11H2,1-6H3/b14-12-/t13-,15+/m0/s1. The summed E-state index contributed by atoms with van der Waals surface area (Å²) < 4.78 is 0. The van der Waals surface area contributed by atoms with Gasteiger partial charge in [-0.2, -0.15) is 0 Å². The lowest BCUT2D eigenvalue weighted by Crippen LogP contribution is -2.34. The van der Waals surface area contributed by atoms with Crippen LogP contribution in [-0.4, -0.2) is 23.3 Å². The molecule has 0 spiro atoms. The molecule has 0 aromatic carbocycles. The van der Waals surface area contributed by atoms with Crippen LogP contribution in [0.2, 0.25) is 0 Å². The molecule has 0 radical (unpaired) electrons. The van der Waals surface area contributed by atoms with E-state index in [1.807, 2.05) is 6.92 Å². The number of allylic oxidation sites excluding steroid dienone is 2. The fourth-order valence-corrected chi connectivity index (χ4v) is 3.54. The number of amides is 2. The lowest BCUT2D eigenvalue weighted by molar-refractivity contribution is -0.139. The normalized spacial score (nSPS) is 22.1. The summed E-state index contributed by atoms with van der Waals surface area (Å²) in [6.07, 6.45) is 6.08. The molecule has 3 heteroatoms. The average Bonchev–Trinajstić information content (AvgIpc) is 2.64. The van der Waals surface area contributed by atoms with Gasteiger partial charge in [0.05, 0.1) is 5.92 Å². The second-order valence-corrected chi connectivity index (χ2v) is 7.14. The third-order valence-electron chi connectivity index (χ3n) is 4.53. The van der Waals surface area contributed by atoms with Crippen LogP contribution in [0, 0.1) is 17.3 Å². The lowest BCUT2D eigenvalue weighted by Gasteiger charge is -2.28. The molecule has 0 unspecified atom stereocenters. The molecule has 120 valence electrons. The van der Waals surface area contributed by atoms with E-state index in [9.17, 15) is 9.59 Å². The third kappa shape index (κ3) is 4.42. The Morgan fingerprint density at radius 1 is 1.38 bits per heavy atom. The SMILES string of the molecule is CCC[C@H](C)C/C(C)=C\C(C)(C)[C@@H]1CC(=O)N(CC)C1=O. The van der Waals surface area contributed by atoms with Crippen molar-refractivity contribution in [1.82, 2.24) is 4.90 Å². The van der Waals surface area contributed by atoms with Crippen LogP contribution in [0.5, 0.6) is 0 Å². The molecule has 21 heavy (non-hydrogen) atoms. The average molecular weight is 293 g/mol. The Morgan fingerprint density at radius 2 is 2.00 bits per heavy atom. The van der Waals surface area contributed by atoms with Gasteiger partial charge in [-0.1, -0.05) is 52.2 Å². The van der Waals surface area contributed by atoms with Crippen LogP contribution in [0.3, 0.4) is 0 Å². The Balaban J connectivity index is 2.81. The van der Waals surface area contributed by atoms with Gasteiger partial charge in [0.2, 0.25) is 11.8 Å². The molecule has 1 aliphatic heterocycles. The molecule has 2 amide bonds. The quantitative estimate of drug-likeness (QED) is 0.521. The van der Waals surface area contributed by atoms with E-state index in [-0.39, 0.29) is 23.1 Å². The highest BCUT2D eigenvalue weighted by Gasteiger charge is 2.45. The summed E-state index contributed by atoms with van der Waals surface area (Å²) in [5, 5.41) is 0. The van der Waals surface area contributed by atoms with Gasteiger partial charge >= 0.3 is 0 Å². The maximum Gasteiger partial charge on any atom is 0.233 e. The fraction of sp³-hybridized carbons (Fsp3) is 0.778. The number of hydrogen-bond acceptors (Lipinski definition) is 2. The summed E-state index contributed by atoms with van der Waals surface area (Å²) in [6, 6.07) is 0. The minimum absolute atomic E-state index is 0.00171. The predicted octanol–water partition coefficient (Wildman–Crippen LogP) is 4.18. The van der Waals surface area contributed by atoms with Crippen molar-refractivity contribution >= 4 is 11.8 Å². The second-order valence-electron chi connectivity index (χ2n) is 7.14. The summed E-state index contributed by atoms with van der Waals surface area (Å²) in [5.41, 5.74) is 1.07. The van der Waals surface area contributed by atoms with Crippen molar-refractivity contribution in [2.45, 2.75) is 67.2 Å². The minimum atomic E-state index is -0.257. The molecular weight excluding hydrogens is 262 g/mol. The van der Waals surface area contributed by atoms with Crippen molar-refractivity contribution in [3.8, 4) is 0 Å². The topological polar surface area (TPSA) is 37.4 Å². The maximum absolute atomic E-state index is 12.4.